The van der Waals surface area contributed by atoms with Gasteiger partial charge in [-0.05, 0) is 36.8 Å². The fraction of sp³-hybridized carbons (Fsp3) is 0.235. The van der Waals surface area contributed by atoms with Crippen LogP contribution in [0.3, 0.4) is 0 Å². The molecule has 0 spiro atoms. The Morgan fingerprint density at radius 1 is 1.24 bits per heavy atom. The van der Waals surface area contributed by atoms with Crippen LogP contribution in [0, 0.1) is 0 Å². The fourth-order valence-electron chi connectivity index (χ4n) is 2.16. The lowest BCUT2D eigenvalue weighted by atomic mass is 10.2. The zero-order valence-corrected chi connectivity index (χ0v) is 14.5. The lowest BCUT2D eigenvalue weighted by Crippen LogP contribution is -2.37. The van der Waals surface area contributed by atoms with Gasteiger partial charge in [0.05, 0.1) is 19.4 Å². The van der Waals surface area contributed by atoms with E-state index in [1.165, 1.54) is 0 Å². The predicted octanol–water partition coefficient (Wildman–Crippen LogP) is 2.97. The number of nitrogens with zero attached hydrogens (tertiary/aromatic N) is 3. The molecular weight excluding hydrogens is 340 g/mol. The quantitative estimate of drug-likeness (QED) is 0.465. The van der Waals surface area contributed by atoms with Crippen LogP contribution in [0.25, 0.3) is 11.6 Å². The van der Waals surface area contributed by atoms with Gasteiger partial charge in [-0.1, -0.05) is 23.7 Å². The number of guanidine groups is 1. The lowest BCUT2D eigenvalue weighted by Gasteiger charge is -2.10. The molecule has 0 unspecified atom stereocenters. The first-order valence-electron chi connectivity index (χ1n) is 7.96. The van der Waals surface area contributed by atoms with Gasteiger partial charge < -0.3 is 15.1 Å². The Labute approximate surface area is 150 Å². The molecule has 0 atom stereocenters. The van der Waals surface area contributed by atoms with Crippen molar-refractivity contribution in [3.63, 3.8) is 0 Å². The third-order valence-electron chi connectivity index (χ3n) is 3.37. The van der Waals surface area contributed by atoms with Crippen LogP contribution in [0.2, 0.25) is 5.02 Å². The molecule has 25 heavy (non-hydrogen) atoms. The number of furan rings is 1. The van der Waals surface area contributed by atoms with Crippen molar-refractivity contribution in [2.75, 3.05) is 6.54 Å². The van der Waals surface area contributed by atoms with Gasteiger partial charge in [0.25, 0.3) is 0 Å². The van der Waals surface area contributed by atoms with E-state index in [-0.39, 0.29) is 0 Å². The smallest absolute Gasteiger partial charge is 0.216 e. The summed E-state index contributed by atoms with van der Waals surface area (Å²) in [5, 5.41) is 14.2. The van der Waals surface area contributed by atoms with Crippen molar-refractivity contribution in [3.8, 4) is 11.6 Å². The van der Waals surface area contributed by atoms with Crippen LogP contribution < -0.4 is 10.6 Å². The summed E-state index contributed by atoms with van der Waals surface area (Å²) in [7, 11) is 0. The van der Waals surface area contributed by atoms with Crippen molar-refractivity contribution >= 4 is 17.6 Å². The maximum absolute atomic E-state index is 5.90. The average molecular weight is 359 g/mol. The average Bonchev–Trinajstić information content (AvgIpc) is 3.30. The van der Waals surface area contributed by atoms with Crippen molar-refractivity contribution in [2.45, 2.75) is 20.0 Å². The molecule has 0 aliphatic carbocycles. The SMILES string of the molecule is CCNC(=NCc1ccc(Cl)cc1)NCc1nc(-c2ccco2)n[nH]1. The van der Waals surface area contributed by atoms with Gasteiger partial charge in [-0.15, -0.1) is 5.10 Å². The molecular formula is C17H19ClN6O. The second-order valence-electron chi connectivity index (χ2n) is 5.26. The van der Waals surface area contributed by atoms with Gasteiger partial charge in [0.15, 0.2) is 11.7 Å². The van der Waals surface area contributed by atoms with Gasteiger partial charge in [-0.2, -0.15) is 0 Å². The van der Waals surface area contributed by atoms with E-state index in [2.05, 4.69) is 30.8 Å². The van der Waals surface area contributed by atoms with Crippen molar-refractivity contribution < 1.29 is 4.42 Å². The molecule has 8 heteroatoms. The zero-order valence-electron chi connectivity index (χ0n) is 13.8. The van der Waals surface area contributed by atoms with Gasteiger partial charge in [0.1, 0.15) is 5.82 Å². The normalized spacial score (nSPS) is 11.5. The molecule has 2 heterocycles. The second-order valence-corrected chi connectivity index (χ2v) is 5.69. The van der Waals surface area contributed by atoms with E-state index in [4.69, 9.17) is 16.0 Å². The van der Waals surface area contributed by atoms with Crippen LogP contribution in [-0.4, -0.2) is 27.7 Å². The zero-order chi connectivity index (χ0) is 17.5. The van der Waals surface area contributed by atoms with Gasteiger partial charge >= 0.3 is 0 Å². The molecule has 7 nitrogen and oxygen atoms in total. The Morgan fingerprint density at radius 3 is 2.80 bits per heavy atom. The molecule has 130 valence electrons. The number of aliphatic imine (C=N–C) groups is 1. The van der Waals surface area contributed by atoms with Crippen LogP contribution in [0.4, 0.5) is 0 Å². The number of hydrogen-bond donors (Lipinski definition) is 3. The Kier molecular flexibility index (Phi) is 5.69. The topological polar surface area (TPSA) is 91.1 Å². The molecule has 1 aromatic carbocycles. The maximum Gasteiger partial charge on any atom is 0.216 e. The number of nitrogens with one attached hydrogen (secondary N) is 3. The van der Waals surface area contributed by atoms with E-state index in [0.717, 1.165) is 17.1 Å². The number of hydrogen-bond acceptors (Lipinski definition) is 4. The minimum absolute atomic E-state index is 0.472. The molecule has 0 aliphatic rings. The Morgan fingerprint density at radius 2 is 2.08 bits per heavy atom. The first-order chi connectivity index (χ1) is 12.2. The molecule has 0 saturated carbocycles. The van der Waals surface area contributed by atoms with Gasteiger partial charge in [0.2, 0.25) is 5.82 Å². The van der Waals surface area contributed by atoms with Crippen molar-refractivity contribution in [1.82, 2.24) is 25.8 Å². The van der Waals surface area contributed by atoms with Gasteiger partial charge in [0, 0.05) is 11.6 Å². The largest absolute Gasteiger partial charge is 0.461 e. The van der Waals surface area contributed by atoms with Crippen molar-refractivity contribution in [3.05, 3.63) is 59.1 Å². The first-order valence-corrected chi connectivity index (χ1v) is 8.34. The molecule has 3 aromatic rings. The van der Waals surface area contributed by atoms with Crippen molar-refractivity contribution in [2.24, 2.45) is 4.99 Å². The lowest BCUT2D eigenvalue weighted by molar-refractivity contribution is 0.577. The molecule has 0 aliphatic heterocycles. The highest BCUT2D eigenvalue weighted by molar-refractivity contribution is 6.30. The number of benzene rings is 1. The molecule has 3 N–H and O–H groups in total. The summed E-state index contributed by atoms with van der Waals surface area (Å²) in [6, 6.07) is 11.3. The van der Waals surface area contributed by atoms with E-state index < -0.39 is 0 Å². The van der Waals surface area contributed by atoms with E-state index in [1.807, 2.05) is 37.3 Å². The van der Waals surface area contributed by atoms with Crippen LogP contribution in [0.5, 0.6) is 0 Å². The number of aromatic amines is 1. The van der Waals surface area contributed by atoms with E-state index in [9.17, 15) is 0 Å². The number of rotatable bonds is 6. The minimum atomic E-state index is 0.472. The van der Waals surface area contributed by atoms with Gasteiger partial charge in [-0.25, -0.2) is 9.98 Å². The highest BCUT2D eigenvalue weighted by Crippen LogP contribution is 2.14. The van der Waals surface area contributed by atoms with Crippen LogP contribution >= 0.6 is 11.6 Å². The van der Waals surface area contributed by atoms with E-state index in [0.29, 0.717) is 36.5 Å². The first kappa shape index (κ1) is 17.0. The number of aromatic nitrogens is 3. The molecule has 0 radical (unpaired) electrons. The fourth-order valence-corrected chi connectivity index (χ4v) is 2.29. The number of H-pyrrole nitrogens is 1. The van der Waals surface area contributed by atoms with E-state index >= 15 is 0 Å². The molecule has 2 aromatic heterocycles. The highest BCUT2D eigenvalue weighted by Gasteiger charge is 2.08. The Bertz CT molecular complexity index is 810. The van der Waals surface area contributed by atoms with Gasteiger partial charge in [-0.3, -0.25) is 5.10 Å². The summed E-state index contributed by atoms with van der Waals surface area (Å²) >= 11 is 5.90. The predicted molar refractivity (Wildman–Crippen MR) is 97.2 cm³/mol. The third kappa shape index (κ3) is 4.84. The summed E-state index contributed by atoms with van der Waals surface area (Å²) in [4.78, 5) is 8.95. The Hall–Kier alpha value is -2.80. The molecule has 0 fully saturated rings. The summed E-state index contributed by atoms with van der Waals surface area (Å²) in [6.07, 6.45) is 1.59. The summed E-state index contributed by atoms with van der Waals surface area (Å²) in [5.74, 6) is 2.56. The van der Waals surface area contributed by atoms with E-state index in [1.54, 1.807) is 12.3 Å². The third-order valence-corrected chi connectivity index (χ3v) is 3.63. The summed E-state index contributed by atoms with van der Waals surface area (Å²) in [5.41, 5.74) is 1.08. The van der Waals surface area contributed by atoms with Crippen LogP contribution in [-0.2, 0) is 13.1 Å². The molecule has 0 amide bonds. The van der Waals surface area contributed by atoms with Crippen molar-refractivity contribution in [1.29, 1.82) is 0 Å². The monoisotopic (exact) mass is 358 g/mol. The molecule has 0 saturated heterocycles. The highest BCUT2D eigenvalue weighted by atomic mass is 35.5. The minimum Gasteiger partial charge on any atom is -0.461 e. The molecule has 0 bridgehead atoms. The maximum atomic E-state index is 5.90. The van der Waals surface area contributed by atoms with Crippen LogP contribution in [0.15, 0.2) is 52.1 Å². The summed E-state index contributed by atoms with van der Waals surface area (Å²) in [6.45, 7) is 3.81. The Balaban J connectivity index is 1.60. The standard InChI is InChI=1S/C17H19ClN6O/c1-2-19-17(20-10-12-5-7-13(18)8-6-12)21-11-15-22-16(24-23-15)14-4-3-9-25-14/h3-9H,2,10-11H2,1H3,(H2,19,20,21)(H,22,23,24). The van der Waals surface area contributed by atoms with Crippen LogP contribution in [0.1, 0.15) is 18.3 Å². The summed E-state index contributed by atoms with van der Waals surface area (Å²) < 4.78 is 5.28. The number of halogens is 1. The molecule has 3 rings (SSSR count). The second kappa shape index (κ2) is 8.34.